The summed E-state index contributed by atoms with van der Waals surface area (Å²) in [4.78, 5) is 11.5. The van der Waals surface area contributed by atoms with Crippen LogP contribution >= 0.6 is 0 Å². The number of amides is 1. The van der Waals surface area contributed by atoms with E-state index in [0.29, 0.717) is 0 Å². The molecule has 0 spiro atoms. The Morgan fingerprint density at radius 3 is 2.41 bits per heavy atom. The Kier molecular flexibility index (Phi) is 5.01. The number of carbonyl (C=O) groups excluding carboxylic acids is 1. The van der Waals surface area contributed by atoms with E-state index in [1.54, 1.807) is 37.5 Å². The SMILES string of the molecule is COc1ccc(NC(=O)/C=C\C=C(C)C)cc1. The van der Waals surface area contributed by atoms with Crippen LogP contribution in [-0.4, -0.2) is 13.0 Å². The Morgan fingerprint density at radius 2 is 1.88 bits per heavy atom. The number of nitrogens with one attached hydrogen (secondary N) is 1. The van der Waals surface area contributed by atoms with Gasteiger partial charge in [0.1, 0.15) is 5.75 Å². The molecule has 3 heteroatoms. The normalized spacial score (nSPS) is 10.1. The molecule has 0 radical (unpaired) electrons. The predicted octanol–water partition coefficient (Wildman–Crippen LogP) is 3.16. The first-order chi connectivity index (χ1) is 8.11. The van der Waals surface area contributed by atoms with Gasteiger partial charge in [0.2, 0.25) is 5.91 Å². The molecule has 1 rings (SSSR count). The van der Waals surface area contributed by atoms with Crippen LogP contribution in [0.3, 0.4) is 0 Å². The smallest absolute Gasteiger partial charge is 0.248 e. The Hall–Kier alpha value is -2.03. The molecule has 17 heavy (non-hydrogen) atoms. The van der Waals surface area contributed by atoms with Crippen molar-refractivity contribution >= 4 is 11.6 Å². The van der Waals surface area contributed by atoms with E-state index < -0.39 is 0 Å². The summed E-state index contributed by atoms with van der Waals surface area (Å²) in [6, 6.07) is 7.20. The molecule has 0 atom stereocenters. The lowest BCUT2D eigenvalue weighted by Crippen LogP contribution is -2.07. The summed E-state index contributed by atoms with van der Waals surface area (Å²) in [5.41, 5.74) is 1.90. The van der Waals surface area contributed by atoms with E-state index in [-0.39, 0.29) is 5.91 Å². The number of benzene rings is 1. The van der Waals surface area contributed by atoms with Crippen LogP contribution < -0.4 is 10.1 Å². The van der Waals surface area contributed by atoms with Gasteiger partial charge in [-0.25, -0.2) is 0 Å². The van der Waals surface area contributed by atoms with Crippen LogP contribution in [-0.2, 0) is 4.79 Å². The first kappa shape index (κ1) is 13.0. The van der Waals surface area contributed by atoms with Crippen molar-refractivity contribution in [1.82, 2.24) is 0 Å². The number of methoxy groups -OCH3 is 1. The van der Waals surface area contributed by atoms with Gasteiger partial charge in [0, 0.05) is 11.8 Å². The average molecular weight is 231 g/mol. The van der Waals surface area contributed by atoms with E-state index >= 15 is 0 Å². The van der Waals surface area contributed by atoms with E-state index in [2.05, 4.69) is 5.32 Å². The maximum Gasteiger partial charge on any atom is 0.248 e. The lowest BCUT2D eigenvalue weighted by atomic mass is 10.3. The van der Waals surface area contributed by atoms with Crippen LogP contribution in [0.1, 0.15) is 13.8 Å². The Labute approximate surface area is 102 Å². The molecule has 0 aliphatic carbocycles. The van der Waals surface area contributed by atoms with Gasteiger partial charge >= 0.3 is 0 Å². The summed E-state index contributed by atoms with van der Waals surface area (Å²) in [5.74, 6) is 0.621. The van der Waals surface area contributed by atoms with Crippen LogP contribution in [0.4, 0.5) is 5.69 Å². The fraction of sp³-hybridized carbons (Fsp3) is 0.214. The zero-order valence-electron chi connectivity index (χ0n) is 10.4. The summed E-state index contributed by atoms with van der Waals surface area (Å²) < 4.78 is 5.03. The summed E-state index contributed by atoms with van der Waals surface area (Å²) in [6.07, 6.45) is 5.11. The number of rotatable bonds is 4. The second-order valence-corrected chi connectivity index (χ2v) is 3.82. The van der Waals surface area contributed by atoms with Crippen LogP contribution in [0, 0.1) is 0 Å². The molecule has 0 bridgehead atoms. The zero-order valence-corrected chi connectivity index (χ0v) is 10.4. The first-order valence-corrected chi connectivity index (χ1v) is 5.38. The van der Waals surface area contributed by atoms with Crippen molar-refractivity contribution in [2.75, 3.05) is 12.4 Å². The number of ether oxygens (including phenoxy) is 1. The number of carbonyl (C=O) groups is 1. The Morgan fingerprint density at radius 1 is 1.24 bits per heavy atom. The van der Waals surface area contributed by atoms with Crippen molar-refractivity contribution in [2.24, 2.45) is 0 Å². The maximum atomic E-state index is 11.5. The standard InChI is InChI=1S/C14H17NO2/c1-11(2)5-4-6-14(16)15-12-7-9-13(17-3)10-8-12/h4-10H,1-3H3,(H,15,16)/b6-4-. The summed E-state index contributed by atoms with van der Waals surface area (Å²) in [7, 11) is 1.61. The average Bonchev–Trinajstić information content (AvgIpc) is 2.29. The van der Waals surface area contributed by atoms with Gasteiger partial charge in [-0.05, 0) is 38.1 Å². The summed E-state index contributed by atoms with van der Waals surface area (Å²) in [6.45, 7) is 3.96. The molecule has 0 fully saturated rings. The minimum atomic E-state index is -0.146. The quantitative estimate of drug-likeness (QED) is 0.638. The number of hydrogen-bond acceptors (Lipinski definition) is 2. The summed E-state index contributed by atoms with van der Waals surface area (Å²) in [5, 5.41) is 2.76. The molecule has 1 amide bonds. The highest BCUT2D eigenvalue weighted by molar-refractivity contribution is 5.99. The fourth-order valence-electron chi connectivity index (χ4n) is 1.19. The maximum absolute atomic E-state index is 11.5. The van der Waals surface area contributed by atoms with E-state index in [1.807, 2.05) is 19.9 Å². The van der Waals surface area contributed by atoms with Crippen LogP contribution in [0.15, 0.2) is 48.1 Å². The van der Waals surface area contributed by atoms with E-state index in [4.69, 9.17) is 4.74 Å². The van der Waals surface area contributed by atoms with Gasteiger partial charge in [0.05, 0.1) is 7.11 Å². The lowest BCUT2D eigenvalue weighted by Gasteiger charge is -2.03. The Bertz CT molecular complexity index is 426. The monoisotopic (exact) mass is 231 g/mol. The van der Waals surface area contributed by atoms with Crippen molar-refractivity contribution in [3.63, 3.8) is 0 Å². The Balaban J connectivity index is 2.56. The summed E-state index contributed by atoms with van der Waals surface area (Å²) >= 11 is 0. The lowest BCUT2D eigenvalue weighted by molar-refractivity contribution is -0.111. The third-order valence-corrected chi connectivity index (χ3v) is 2.03. The number of hydrogen-bond donors (Lipinski definition) is 1. The molecule has 0 aliphatic rings. The molecular formula is C14H17NO2. The third kappa shape index (κ3) is 5.02. The van der Waals surface area contributed by atoms with Gasteiger partial charge in [0.15, 0.2) is 0 Å². The van der Waals surface area contributed by atoms with Crippen molar-refractivity contribution in [3.8, 4) is 5.75 Å². The van der Waals surface area contributed by atoms with E-state index in [9.17, 15) is 4.79 Å². The minimum absolute atomic E-state index is 0.146. The van der Waals surface area contributed by atoms with Gasteiger partial charge in [-0.15, -0.1) is 0 Å². The van der Waals surface area contributed by atoms with Gasteiger partial charge in [-0.2, -0.15) is 0 Å². The second-order valence-electron chi connectivity index (χ2n) is 3.82. The zero-order chi connectivity index (χ0) is 12.7. The fourth-order valence-corrected chi connectivity index (χ4v) is 1.19. The minimum Gasteiger partial charge on any atom is -0.497 e. The van der Waals surface area contributed by atoms with Crippen molar-refractivity contribution in [3.05, 3.63) is 48.1 Å². The molecular weight excluding hydrogens is 214 g/mol. The van der Waals surface area contributed by atoms with E-state index in [0.717, 1.165) is 17.0 Å². The molecule has 0 saturated heterocycles. The molecule has 0 unspecified atom stereocenters. The highest BCUT2D eigenvalue weighted by atomic mass is 16.5. The van der Waals surface area contributed by atoms with E-state index in [1.165, 1.54) is 6.08 Å². The van der Waals surface area contributed by atoms with Gasteiger partial charge in [0.25, 0.3) is 0 Å². The first-order valence-electron chi connectivity index (χ1n) is 5.38. The molecule has 3 nitrogen and oxygen atoms in total. The topological polar surface area (TPSA) is 38.3 Å². The highest BCUT2D eigenvalue weighted by Crippen LogP contribution is 2.14. The molecule has 1 aromatic rings. The molecule has 90 valence electrons. The molecule has 0 aliphatic heterocycles. The molecule has 1 aromatic carbocycles. The molecule has 0 saturated carbocycles. The van der Waals surface area contributed by atoms with Gasteiger partial charge < -0.3 is 10.1 Å². The molecule has 0 aromatic heterocycles. The molecule has 0 heterocycles. The number of allylic oxidation sites excluding steroid dienone is 3. The van der Waals surface area contributed by atoms with Crippen molar-refractivity contribution < 1.29 is 9.53 Å². The van der Waals surface area contributed by atoms with Gasteiger partial charge in [-0.3, -0.25) is 4.79 Å². The highest BCUT2D eigenvalue weighted by Gasteiger charge is 1.97. The van der Waals surface area contributed by atoms with Crippen molar-refractivity contribution in [2.45, 2.75) is 13.8 Å². The van der Waals surface area contributed by atoms with Crippen LogP contribution in [0.2, 0.25) is 0 Å². The number of anilines is 1. The second kappa shape index (κ2) is 6.53. The third-order valence-electron chi connectivity index (χ3n) is 2.03. The van der Waals surface area contributed by atoms with Gasteiger partial charge in [-0.1, -0.05) is 17.7 Å². The van der Waals surface area contributed by atoms with Crippen LogP contribution in [0.5, 0.6) is 5.75 Å². The predicted molar refractivity (Wildman–Crippen MR) is 70.2 cm³/mol. The van der Waals surface area contributed by atoms with Crippen molar-refractivity contribution in [1.29, 1.82) is 0 Å². The van der Waals surface area contributed by atoms with Crippen LogP contribution in [0.25, 0.3) is 0 Å². The molecule has 1 N–H and O–H groups in total. The largest absolute Gasteiger partial charge is 0.497 e.